The van der Waals surface area contributed by atoms with Gasteiger partial charge in [0, 0.05) is 74.4 Å². The van der Waals surface area contributed by atoms with Gasteiger partial charge in [-0.05, 0) is 69.8 Å². The number of para-hydroxylation sites is 2. The number of hydrogen-bond donors (Lipinski definition) is 0. The Bertz CT molecular complexity index is 5610. The molecule has 17 aromatic rings. The van der Waals surface area contributed by atoms with Crippen LogP contribution in [-0.2, 0) is 0 Å². The van der Waals surface area contributed by atoms with Crippen LogP contribution in [0, 0.1) is 22.7 Å². The summed E-state index contributed by atoms with van der Waals surface area (Å²) in [4.78, 5) is 0. The zero-order chi connectivity index (χ0) is 53.4. The summed E-state index contributed by atoms with van der Waals surface area (Å²) < 4.78 is 15.8. The highest BCUT2D eigenvalue weighted by molar-refractivity contribution is 7.27. The number of hydrogen-bond acceptors (Lipinski definition) is 5. The van der Waals surface area contributed by atoms with Crippen LogP contribution in [-0.4, -0.2) is 9.13 Å². The maximum absolute atomic E-state index is 12.4. The largest absolute Gasteiger partial charge is 0.456 e. The Labute approximate surface area is 471 Å². The summed E-state index contributed by atoms with van der Waals surface area (Å²) in [5, 5.41) is 35.7. The molecule has 5 heterocycles. The van der Waals surface area contributed by atoms with Crippen LogP contribution in [0.25, 0.3) is 162 Å². The fraction of sp³-hybridized carbons (Fsp3) is 0. The monoisotopic (exact) mass is 1060 g/mol. The molecule has 0 aliphatic rings. The summed E-state index contributed by atoms with van der Waals surface area (Å²) in [5.74, 6) is 0. The van der Waals surface area contributed by atoms with Gasteiger partial charge in [0.05, 0.1) is 54.0 Å². The van der Waals surface area contributed by atoms with Crippen molar-refractivity contribution in [2.75, 3.05) is 0 Å². The Morgan fingerprint density at radius 3 is 1.58 bits per heavy atom. The van der Waals surface area contributed by atoms with Gasteiger partial charge in [0.15, 0.2) is 0 Å². The number of furan rings is 1. The molecule has 12 aromatic carbocycles. The topological polar surface area (TPSA) is 70.6 Å². The molecule has 0 spiro atoms. The van der Waals surface area contributed by atoms with E-state index in [1.54, 1.807) is 11.3 Å². The summed E-state index contributed by atoms with van der Waals surface area (Å²) in [6.07, 6.45) is 0. The molecule has 0 fully saturated rings. The Morgan fingerprint density at radius 1 is 0.333 bits per heavy atom. The van der Waals surface area contributed by atoms with Crippen molar-refractivity contribution in [3.63, 3.8) is 0 Å². The molecule has 0 saturated heterocycles. The molecule has 0 atom stereocenters. The molecule has 81 heavy (non-hydrogen) atoms. The van der Waals surface area contributed by atoms with E-state index in [1.165, 1.54) is 25.7 Å². The highest BCUT2D eigenvalue weighted by atomic mass is 32.1. The lowest BCUT2D eigenvalue weighted by molar-refractivity contribution is 0.669. The SMILES string of the molecule is N#Cc1c(-c2ccccc2)c(C#N)c(-n2c3c(ccc4c5ccccc5sc43)c3ccc4c5cccc(-c6ccccc6)c5sc4c32)c(-c2ccccc2)c1-n1c2ccccc2c2c(-c3ccc4oc5ccccc5c4c3)cccc21. The summed E-state index contributed by atoms with van der Waals surface area (Å²) >= 11 is 3.61. The van der Waals surface area contributed by atoms with E-state index in [9.17, 15) is 10.5 Å². The lowest BCUT2D eigenvalue weighted by Crippen LogP contribution is -2.11. The molecule has 0 N–H and O–H groups in total. The Kier molecular flexibility index (Phi) is 9.82. The average molecular weight is 1070 g/mol. The Morgan fingerprint density at radius 2 is 0.852 bits per heavy atom. The molecule has 0 aliphatic heterocycles. The number of nitrogens with zero attached hydrogens (tertiary/aromatic N) is 4. The number of rotatable bonds is 6. The van der Waals surface area contributed by atoms with E-state index in [1.807, 2.05) is 59.9 Å². The third-order valence-corrected chi connectivity index (χ3v) is 19.1. The molecule has 0 saturated carbocycles. The fourth-order valence-electron chi connectivity index (χ4n) is 13.2. The van der Waals surface area contributed by atoms with E-state index < -0.39 is 0 Å². The molecular formula is C74H40N4OS2. The second-order valence-corrected chi connectivity index (χ2v) is 22.8. The van der Waals surface area contributed by atoms with Crippen molar-refractivity contribution in [3.05, 3.63) is 254 Å². The van der Waals surface area contributed by atoms with Crippen LogP contribution in [0.3, 0.4) is 0 Å². The first-order valence-corrected chi connectivity index (χ1v) is 28.7. The number of aromatic nitrogens is 2. The van der Waals surface area contributed by atoms with Gasteiger partial charge in [-0.1, -0.05) is 206 Å². The second kappa shape index (κ2) is 17.5. The molecule has 17 rings (SSSR count). The van der Waals surface area contributed by atoms with Gasteiger partial charge in [-0.15, -0.1) is 22.7 Å². The van der Waals surface area contributed by atoms with Crippen molar-refractivity contribution in [2.45, 2.75) is 0 Å². The Balaban J connectivity index is 1.10. The standard InChI is InChI=1S/C74H40N4OS2/c75-41-58-65(44-20-6-2-7-21-44)59(42-76)69(78-70-51(35-37-54-50-25-12-15-33-64(50)80-73(54)70)52-36-38-55-53-29-16-28-48(43-18-4-1-5-19-43)72(53)81-74(55)71(52)78)66(45-22-8-3-9-23-45)68(58)77-60-30-13-10-26-56(60)67-47(27-17-31-61(67)77)46-34-39-63-57(40-46)49-24-11-14-32-62(49)79-63/h1-40H. The zero-order valence-corrected chi connectivity index (χ0v) is 44.7. The minimum absolute atomic E-state index is 0.409. The Hall–Kier alpha value is -10.5. The predicted octanol–water partition coefficient (Wildman–Crippen LogP) is 20.9. The molecule has 374 valence electrons. The van der Waals surface area contributed by atoms with E-state index in [0.717, 1.165) is 119 Å². The molecule has 7 heteroatoms. The van der Waals surface area contributed by atoms with E-state index in [-0.39, 0.29) is 0 Å². The molecule has 5 aromatic heterocycles. The van der Waals surface area contributed by atoms with Crippen LogP contribution in [0.15, 0.2) is 247 Å². The summed E-state index contributed by atoms with van der Waals surface area (Å²) in [7, 11) is 0. The third kappa shape index (κ3) is 6.45. The second-order valence-electron chi connectivity index (χ2n) is 20.8. The maximum Gasteiger partial charge on any atom is 0.135 e. The van der Waals surface area contributed by atoms with Crippen molar-refractivity contribution in [2.24, 2.45) is 0 Å². The first-order valence-electron chi connectivity index (χ1n) is 27.0. The van der Waals surface area contributed by atoms with Gasteiger partial charge in [0.25, 0.3) is 0 Å². The molecule has 0 aliphatic carbocycles. The van der Waals surface area contributed by atoms with Gasteiger partial charge < -0.3 is 13.6 Å². The number of thiophene rings is 2. The van der Waals surface area contributed by atoms with Crippen LogP contribution in [0.4, 0.5) is 0 Å². The predicted molar refractivity (Wildman–Crippen MR) is 339 cm³/mol. The summed E-state index contributed by atoms with van der Waals surface area (Å²) in [6, 6.07) is 91.2. The quantitative estimate of drug-likeness (QED) is 0.167. The van der Waals surface area contributed by atoms with Crippen molar-refractivity contribution < 1.29 is 4.42 Å². The number of fused-ring (bicyclic) bond motifs is 17. The van der Waals surface area contributed by atoms with Crippen LogP contribution in [0.1, 0.15) is 11.1 Å². The molecule has 5 nitrogen and oxygen atoms in total. The van der Waals surface area contributed by atoms with Gasteiger partial charge in [-0.25, -0.2) is 0 Å². The average Bonchev–Trinajstić information content (AvgIpc) is 4.34. The summed E-state index contributed by atoms with van der Waals surface area (Å²) in [6.45, 7) is 0. The van der Waals surface area contributed by atoms with Crippen molar-refractivity contribution >= 4 is 129 Å². The van der Waals surface area contributed by atoms with Gasteiger partial charge in [0.1, 0.15) is 23.3 Å². The lowest BCUT2D eigenvalue weighted by atomic mass is 9.86. The number of nitriles is 2. The van der Waals surface area contributed by atoms with Crippen LogP contribution in [0.2, 0.25) is 0 Å². The molecule has 0 bridgehead atoms. The molecule has 0 amide bonds. The van der Waals surface area contributed by atoms with E-state index >= 15 is 0 Å². The van der Waals surface area contributed by atoms with Crippen molar-refractivity contribution in [1.29, 1.82) is 10.5 Å². The van der Waals surface area contributed by atoms with Crippen LogP contribution < -0.4 is 0 Å². The first-order chi connectivity index (χ1) is 40.1. The molecule has 0 unspecified atom stereocenters. The molecule has 0 radical (unpaired) electrons. The minimum atomic E-state index is 0.409. The van der Waals surface area contributed by atoms with Crippen LogP contribution in [0.5, 0.6) is 0 Å². The molecular weight excluding hydrogens is 1020 g/mol. The van der Waals surface area contributed by atoms with Gasteiger partial charge in [-0.3, -0.25) is 0 Å². The minimum Gasteiger partial charge on any atom is -0.456 e. The summed E-state index contributed by atoms with van der Waals surface area (Å²) in [5.41, 5.74) is 15.3. The normalized spacial score (nSPS) is 11.9. The van der Waals surface area contributed by atoms with E-state index in [0.29, 0.717) is 28.1 Å². The van der Waals surface area contributed by atoms with Crippen LogP contribution >= 0.6 is 22.7 Å². The van der Waals surface area contributed by atoms with Gasteiger partial charge >= 0.3 is 0 Å². The van der Waals surface area contributed by atoms with Gasteiger partial charge in [-0.2, -0.15) is 10.5 Å². The smallest absolute Gasteiger partial charge is 0.135 e. The zero-order valence-electron chi connectivity index (χ0n) is 43.1. The maximum atomic E-state index is 12.4. The highest BCUT2D eigenvalue weighted by Gasteiger charge is 2.33. The van der Waals surface area contributed by atoms with E-state index in [4.69, 9.17) is 4.42 Å². The number of benzene rings is 12. The van der Waals surface area contributed by atoms with Crippen molar-refractivity contribution in [3.8, 4) is 68.0 Å². The van der Waals surface area contributed by atoms with Crippen molar-refractivity contribution in [1.82, 2.24) is 9.13 Å². The van der Waals surface area contributed by atoms with E-state index in [2.05, 4.69) is 215 Å². The lowest BCUT2D eigenvalue weighted by Gasteiger charge is -2.25. The highest BCUT2D eigenvalue weighted by Crippen LogP contribution is 2.54. The fourth-order valence-corrected chi connectivity index (χ4v) is 15.9. The third-order valence-electron chi connectivity index (χ3n) is 16.6. The first kappa shape index (κ1) is 45.5. The van der Waals surface area contributed by atoms with Gasteiger partial charge in [0.2, 0.25) is 0 Å².